The molecular weight excluding hydrogens is 150 g/mol. The number of nitrogens with two attached hydrogens (primary N) is 1. The average Bonchev–Trinajstić information content (AvgIpc) is 1.60. The van der Waals surface area contributed by atoms with Crippen LogP contribution in [0.5, 0.6) is 0 Å². The molecule has 3 nitrogen and oxygen atoms in total. The van der Waals surface area contributed by atoms with Crippen molar-refractivity contribution in [1.29, 1.82) is 0 Å². The minimum absolute atomic E-state index is 0.0312. The molecule has 0 bridgehead atoms. The molecule has 0 aromatic heterocycles. The van der Waals surface area contributed by atoms with Gasteiger partial charge in [-0.1, -0.05) is 0 Å². The second kappa shape index (κ2) is 3.25. The maximum Gasteiger partial charge on any atom is 0.304 e. The fourth-order valence-electron chi connectivity index (χ4n) is 0.438. The molecule has 0 aliphatic heterocycles. The van der Waals surface area contributed by atoms with Gasteiger partial charge in [0.15, 0.2) is 0 Å². The van der Waals surface area contributed by atoms with Gasteiger partial charge in [0, 0.05) is 10.8 Å². The fourth-order valence-corrected chi connectivity index (χ4v) is 0.529. The van der Waals surface area contributed by atoms with E-state index in [9.17, 15) is 4.79 Å². The van der Waals surface area contributed by atoms with E-state index in [1.54, 1.807) is 13.8 Å². The van der Waals surface area contributed by atoms with Crippen LogP contribution in [0.2, 0.25) is 0 Å². The summed E-state index contributed by atoms with van der Waals surface area (Å²) in [5, 5.41) is 8.33. The smallest absolute Gasteiger partial charge is 0.304 e. The molecule has 0 aromatic carbocycles. The lowest BCUT2D eigenvalue weighted by Crippen LogP contribution is -2.40. The molecule has 3 N–H and O–H groups in total. The van der Waals surface area contributed by atoms with E-state index in [1.165, 1.54) is 0 Å². The molecular formula is C6H13NO2S. The van der Waals surface area contributed by atoms with Gasteiger partial charge in [-0.25, -0.2) is 0 Å². The van der Waals surface area contributed by atoms with Gasteiger partial charge < -0.3 is 10.8 Å². The van der Waals surface area contributed by atoms with E-state index in [2.05, 4.69) is 12.6 Å². The molecule has 0 radical (unpaired) electrons. The molecule has 10 heavy (non-hydrogen) atoms. The molecule has 60 valence electrons. The van der Waals surface area contributed by atoms with Crippen LogP contribution in [0.25, 0.3) is 0 Å². The third-order valence-corrected chi connectivity index (χ3v) is 1.63. The first-order valence-electron chi connectivity index (χ1n) is 3.04. The number of carboxylic acid groups (broad SMARTS) is 1. The van der Waals surface area contributed by atoms with Crippen LogP contribution in [0.1, 0.15) is 20.3 Å². The molecule has 0 aromatic rings. The lowest BCUT2D eigenvalue weighted by molar-refractivity contribution is -0.137. The van der Waals surface area contributed by atoms with Crippen molar-refractivity contribution in [2.75, 3.05) is 0 Å². The van der Waals surface area contributed by atoms with Gasteiger partial charge in [0.05, 0.1) is 6.42 Å². The van der Waals surface area contributed by atoms with Crippen LogP contribution in [0.4, 0.5) is 0 Å². The highest BCUT2D eigenvalue weighted by Crippen LogP contribution is 2.17. The van der Waals surface area contributed by atoms with Crippen LogP contribution in [-0.4, -0.2) is 21.9 Å². The van der Waals surface area contributed by atoms with Crippen LogP contribution < -0.4 is 5.73 Å². The largest absolute Gasteiger partial charge is 0.481 e. The molecule has 0 saturated heterocycles. The van der Waals surface area contributed by atoms with E-state index in [4.69, 9.17) is 10.8 Å². The highest BCUT2D eigenvalue weighted by atomic mass is 32.1. The Morgan fingerprint density at radius 2 is 2.20 bits per heavy atom. The average molecular weight is 163 g/mol. The number of hydrogen-bond acceptors (Lipinski definition) is 3. The number of rotatable bonds is 3. The van der Waals surface area contributed by atoms with Gasteiger partial charge >= 0.3 is 5.97 Å². The van der Waals surface area contributed by atoms with E-state index in [0.717, 1.165) is 0 Å². The summed E-state index contributed by atoms with van der Waals surface area (Å²) in [7, 11) is 0. The molecule has 0 saturated carbocycles. The Kier molecular flexibility index (Phi) is 3.18. The van der Waals surface area contributed by atoms with Crippen molar-refractivity contribution < 1.29 is 9.90 Å². The van der Waals surface area contributed by atoms with Crippen molar-refractivity contribution in [1.82, 2.24) is 0 Å². The Morgan fingerprint density at radius 1 is 1.80 bits per heavy atom. The van der Waals surface area contributed by atoms with Gasteiger partial charge in [-0.2, -0.15) is 12.6 Å². The summed E-state index contributed by atoms with van der Waals surface area (Å²) in [6.07, 6.45) is -0.0312. The summed E-state index contributed by atoms with van der Waals surface area (Å²) in [6.45, 7) is 3.59. The van der Waals surface area contributed by atoms with E-state index < -0.39 is 16.8 Å². The zero-order valence-corrected chi connectivity index (χ0v) is 7.06. The number of aliphatic carboxylic acids is 1. The van der Waals surface area contributed by atoms with E-state index in [1.807, 2.05) is 0 Å². The van der Waals surface area contributed by atoms with E-state index in [0.29, 0.717) is 0 Å². The van der Waals surface area contributed by atoms with Crippen LogP contribution in [-0.2, 0) is 4.79 Å². The topological polar surface area (TPSA) is 63.3 Å². The quantitative estimate of drug-likeness (QED) is 0.531. The van der Waals surface area contributed by atoms with Crippen LogP contribution in [0, 0.1) is 0 Å². The first-order chi connectivity index (χ1) is 4.34. The van der Waals surface area contributed by atoms with Gasteiger partial charge in [-0.05, 0) is 13.8 Å². The molecule has 0 unspecified atom stereocenters. The van der Waals surface area contributed by atoms with Crippen molar-refractivity contribution in [2.24, 2.45) is 5.73 Å². The van der Waals surface area contributed by atoms with Crippen LogP contribution in [0.3, 0.4) is 0 Å². The summed E-state index contributed by atoms with van der Waals surface area (Å²) < 4.78 is -0.418. The fraction of sp³-hybridized carbons (Fsp3) is 0.833. The third-order valence-electron chi connectivity index (χ3n) is 1.30. The minimum atomic E-state index is -0.880. The molecule has 4 heteroatoms. The van der Waals surface area contributed by atoms with Gasteiger partial charge in [0.1, 0.15) is 0 Å². The predicted octanol–water partition coefficient (Wildman–Crippen LogP) is 0.497. The van der Waals surface area contributed by atoms with Crippen molar-refractivity contribution in [3.05, 3.63) is 0 Å². The Hall–Kier alpha value is -0.220. The summed E-state index contributed by atoms with van der Waals surface area (Å²) >= 11 is 4.14. The summed E-state index contributed by atoms with van der Waals surface area (Å²) in [5.74, 6) is -0.880. The molecule has 0 rings (SSSR count). The third kappa shape index (κ3) is 3.74. The molecule has 0 fully saturated rings. The Bertz CT molecular complexity index is 130. The lowest BCUT2D eigenvalue weighted by Gasteiger charge is -2.24. The first-order valence-corrected chi connectivity index (χ1v) is 3.48. The van der Waals surface area contributed by atoms with Crippen molar-refractivity contribution >= 4 is 18.6 Å². The lowest BCUT2D eigenvalue weighted by atomic mass is 10.0. The highest BCUT2D eigenvalue weighted by Gasteiger charge is 2.23. The van der Waals surface area contributed by atoms with Crippen molar-refractivity contribution in [2.45, 2.75) is 31.1 Å². The zero-order valence-electron chi connectivity index (χ0n) is 6.16. The molecule has 1 atom stereocenters. The summed E-state index contributed by atoms with van der Waals surface area (Å²) in [4.78, 5) is 10.1. The molecule has 0 heterocycles. The monoisotopic (exact) mass is 163 g/mol. The van der Waals surface area contributed by atoms with Gasteiger partial charge in [0.25, 0.3) is 0 Å². The number of carboxylic acids is 1. The second-order valence-corrected chi connectivity index (χ2v) is 4.01. The Labute approximate surface area is 66.0 Å². The number of hydrogen-bond donors (Lipinski definition) is 3. The Balaban J connectivity index is 3.85. The van der Waals surface area contributed by atoms with Crippen LogP contribution >= 0.6 is 12.6 Å². The maximum absolute atomic E-state index is 10.1. The molecule has 0 spiro atoms. The standard InChI is InChI=1S/C6H13NO2S/c1-6(2,10)4(7)3-5(8)9/h4,10H,3,7H2,1-2H3,(H,8,9)/t4-/m1/s1. The second-order valence-electron chi connectivity index (χ2n) is 2.86. The molecule has 0 aliphatic rings. The van der Waals surface area contributed by atoms with E-state index >= 15 is 0 Å². The van der Waals surface area contributed by atoms with Gasteiger partial charge in [0.2, 0.25) is 0 Å². The highest BCUT2D eigenvalue weighted by molar-refractivity contribution is 7.81. The van der Waals surface area contributed by atoms with Crippen LogP contribution in [0.15, 0.2) is 0 Å². The minimum Gasteiger partial charge on any atom is -0.481 e. The normalized spacial score (nSPS) is 14.8. The molecule has 0 aliphatic carbocycles. The molecule has 0 amide bonds. The first kappa shape index (κ1) is 9.78. The van der Waals surface area contributed by atoms with Crippen molar-refractivity contribution in [3.8, 4) is 0 Å². The Morgan fingerprint density at radius 3 is 2.30 bits per heavy atom. The maximum atomic E-state index is 10.1. The predicted molar refractivity (Wildman–Crippen MR) is 43.3 cm³/mol. The van der Waals surface area contributed by atoms with E-state index in [-0.39, 0.29) is 6.42 Å². The van der Waals surface area contributed by atoms with Gasteiger partial charge in [-0.3, -0.25) is 4.79 Å². The van der Waals surface area contributed by atoms with Crippen molar-refractivity contribution in [3.63, 3.8) is 0 Å². The van der Waals surface area contributed by atoms with Gasteiger partial charge in [-0.15, -0.1) is 0 Å². The number of thiol groups is 1. The SMILES string of the molecule is CC(C)(S)[C@H](N)CC(=O)O. The summed E-state index contributed by atoms with van der Waals surface area (Å²) in [6, 6.07) is -0.395. The number of carbonyl (C=O) groups is 1. The summed E-state index contributed by atoms with van der Waals surface area (Å²) in [5.41, 5.74) is 5.49. The zero-order chi connectivity index (χ0) is 8.36.